The van der Waals surface area contributed by atoms with Crippen LogP contribution in [0, 0.1) is 13.8 Å². The highest BCUT2D eigenvalue weighted by molar-refractivity contribution is 5.80. The molecule has 0 fully saturated rings. The summed E-state index contributed by atoms with van der Waals surface area (Å²) >= 11 is 0. The Morgan fingerprint density at radius 3 is 2.67 bits per heavy atom. The van der Waals surface area contributed by atoms with Gasteiger partial charge in [0, 0.05) is 12.2 Å². The highest BCUT2D eigenvalue weighted by Crippen LogP contribution is 2.17. The van der Waals surface area contributed by atoms with E-state index in [4.69, 9.17) is 4.74 Å². The molecule has 0 saturated carbocycles. The van der Waals surface area contributed by atoms with Gasteiger partial charge in [0.1, 0.15) is 5.54 Å². The SMILES string of the molecule is CCCNC(C)(CCCCn1cnc(C)c1C)C(=O)OC. The lowest BCUT2D eigenvalue weighted by atomic mass is 9.94. The van der Waals surface area contributed by atoms with Crippen LogP contribution >= 0.6 is 0 Å². The minimum Gasteiger partial charge on any atom is -0.468 e. The van der Waals surface area contributed by atoms with Crippen molar-refractivity contribution in [3.8, 4) is 0 Å². The molecule has 0 aliphatic carbocycles. The molecule has 120 valence electrons. The maximum absolute atomic E-state index is 12.0. The molecular formula is C16H29N3O2. The highest BCUT2D eigenvalue weighted by atomic mass is 16.5. The number of rotatable bonds is 9. The van der Waals surface area contributed by atoms with E-state index in [-0.39, 0.29) is 5.97 Å². The van der Waals surface area contributed by atoms with Crippen molar-refractivity contribution in [2.45, 2.75) is 65.5 Å². The summed E-state index contributed by atoms with van der Waals surface area (Å²) < 4.78 is 7.10. The molecule has 0 aliphatic rings. The first-order valence-electron chi connectivity index (χ1n) is 7.76. The molecule has 1 aromatic heterocycles. The van der Waals surface area contributed by atoms with Crippen LogP contribution in [0.1, 0.15) is 50.9 Å². The number of aromatic nitrogens is 2. The van der Waals surface area contributed by atoms with Crippen LogP contribution in [0.3, 0.4) is 0 Å². The third kappa shape index (κ3) is 4.84. The number of hydrogen-bond donors (Lipinski definition) is 1. The molecule has 1 aromatic rings. The van der Waals surface area contributed by atoms with Crippen LogP contribution in [0.2, 0.25) is 0 Å². The highest BCUT2D eigenvalue weighted by Gasteiger charge is 2.32. The Labute approximate surface area is 128 Å². The number of esters is 1. The van der Waals surface area contributed by atoms with Gasteiger partial charge in [-0.15, -0.1) is 0 Å². The van der Waals surface area contributed by atoms with Crippen molar-refractivity contribution in [2.24, 2.45) is 0 Å². The van der Waals surface area contributed by atoms with Gasteiger partial charge in [-0.1, -0.05) is 6.92 Å². The van der Waals surface area contributed by atoms with Crippen LogP contribution < -0.4 is 5.32 Å². The minimum atomic E-state index is -0.579. The number of imidazole rings is 1. The Kier molecular flexibility index (Phi) is 6.89. The largest absolute Gasteiger partial charge is 0.468 e. The fourth-order valence-electron chi connectivity index (χ4n) is 2.42. The van der Waals surface area contributed by atoms with Crippen molar-refractivity contribution < 1.29 is 9.53 Å². The third-order valence-electron chi connectivity index (χ3n) is 4.07. The number of nitrogens with one attached hydrogen (secondary N) is 1. The van der Waals surface area contributed by atoms with E-state index in [2.05, 4.69) is 28.7 Å². The third-order valence-corrected chi connectivity index (χ3v) is 4.07. The predicted octanol–water partition coefficient (Wildman–Crippen LogP) is 2.60. The molecule has 5 nitrogen and oxygen atoms in total. The van der Waals surface area contributed by atoms with Crippen LogP contribution in [0.15, 0.2) is 6.33 Å². The molecule has 1 atom stereocenters. The Balaban J connectivity index is 2.46. The maximum atomic E-state index is 12.0. The van der Waals surface area contributed by atoms with E-state index >= 15 is 0 Å². The molecule has 1 heterocycles. The van der Waals surface area contributed by atoms with Gasteiger partial charge in [-0.25, -0.2) is 4.98 Å². The van der Waals surface area contributed by atoms with Gasteiger partial charge >= 0.3 is 5.97 Å². The van der Waals surface area contributed by atoms with Crippen LogP contribution in [0.25, 0.3) is 0 Å². The summed E-state index contributed by atoms with van der Waals surface area (Å²) in [5.74, 6) is -0.175. The van der Waals surface area contributed by atoms with Gasteiger partial charge in [0.05, 0.1) is 19.1 Å². The van der Waals surface area contributed by atoms with E-state index in [9.17, 15) is 4.79 Å². The normalized spacial score (nSPS) is 14.0. The van der Waals surface area contributed by atoms with Crippen molar-refractivity contribution in [1.29, 1.82) is 0 Å². The molecule has 1 N–H and O–H groups in total. The van der Waals surface area contributed by atoms with Gasteiger partial charge in [0.25, 0.3) is 0 Å². The lowest BCUT2D eigenvalue weighted by molar-refractivity contribution is -0.148. The smallest absolute Gasteiger partial charge is 0.325 e. The van der Waals surface area contributed by atoms with E-state index in [1.54, 1.807) is 0 Å². The quantitative estimate of drug-likeness (QED) is 0.562. The molecule has 0 spiro atoms. The maximum Gasteiger partial charge on any atom is 0.325 e. The number of nitrogens with zero attached hydrogens (tertiary/aromatic N) is 2. The number of carbonyl (C=O) groups excluding carboxylic acids is 1. The molecule has 5 heteroatoms. The molecule has 0 radical (unpaired) electrons. The first kappa shape index (κ1) is 17.7. The topological polar surface area (TPSA) is 56.2 Å². The molecule has 0 aliphatic heterocycles. The van der Waals surface area contributed by atoms with Crippen molar-refractivity contribution in [3.63, 3.8) is 0 Å². The zero-order valence-electron chi connectivity index (χ0n) is 14.0. The summed E-state index contributed by atoms with van der Waals surface area (Å²) in [5, 5.41) is 3.32. The summed E-state index contributed by atoms with van der Waals surface area (Å²) in [7, 11) is 1.45. The van der Waals surface area contributed by atoms with Crippen molar-refractivity contribution in [2.75, 3.05) is 13.7 Å². The second-order valence-electron chi connectivity index (χ2n) is 5.82. The first-order valence-corrected chi connectivity index (χ1v) is 7.76. The van der Waals surface area contributed by atoms with Gasteiger partial charge in [-0.3, -0.25) is 4.79 Å². The van der Waals surface area contributed by atoms with Crippen molar-refractivity contribution >= 4 is 5.97 Å². The molecular weight excluding hydrogens is 266 g/mol. The molecule has 0 bridgehead atoms. The average molecular weight is 295 g/mol. The Morgan fingerprint density at radius 2 is 2.14 bits per heavy atom. The number of aryl methyl sites for hydroxylation is 2. The number of ether oxygens (including phenoxy) is 1. The molecule has 1 unspecified atom stereocenters. The molecule has 0 aromatic carbocycles. The Hall–Kier alpha value is -1.36. The molecule has 1 rings (SSSR count). The minimum absolute atomic E-state index is 0.175. The summed E-state index contributed by atoms with van der Waals surface area (Å²) in [6.45, 7) is 9.90. The van der Waals surface area contributed by atoms with Crippen molar-refractivity contribution in [1.82, 2.24) is 14.9 Å². The summed E-state index contributed by atoms with van der Waals surface area (Å²) in [6, 6.07) is 0. The van der Waals surface area contributed by atoms with Crippen LogP contribution in [0.5, 0.6) is 0 Å². The van der Waals surface area contributed by atoms with Gasteiger partial charge in [0.2, 0.25) is 0 Å². The standard InChI is InChI=1S/C16H29N3O2/c1-6-10-18-16(4,15(20)21-5)9-7-8-11-19-12-17-13(2)14(19)3/h12,18H,6-11H2,1-5H3. The van der Waals surface area contributed by atoms with Gasteiger partial charge in [0.15, 0.2) is 0 Å². The lowest BCUT2D eigenvalue weighted by Gasteiger charge is -2.28. The molecule has 0 amide bonds. The average Bonchev–Trinajstić information content (AvgIpc) is 2.80. The zero-order chi connectivity index (χ0) is 15.9. The summed E-state index contributed by atoms with van der Waals surface area (Å²) in [6.07, 6.45) is 5.67. The number of methoxy groups -OCH3 is 1. The number of carbonyl (C=O) groups is 1. The van der Waals surface area contributed by atoms with Gasteiger partial charge in [-0.05, 0) is 53.0 Å². The number of unbranched alkanes of at least 4 members (excludes halogenated alkanes) is 1. The fourth-order valence-corrected chi connectivity index (χ4v) is 2.42. The van der Waals surface area contributed by atoms with Gasteiger partial charge < -0.3 is 14.6 Å². The second-order valence-corrected chi connectivity index (χ2v) is 5.82. The summed E-state index contributed by atoms with van der Waals surface area (Å²) in [5.41, 5.74) is 1.72. The molecule has 21 heavy (non-hydrogen) atoms. The number of hydrogen-bond acceptors (Lipinski definition) is 4. The van der Waals surface area contributed by atoms with E-state index in [1.165, 1.54) is 12.8 Å². The fraction of sp³-hybridized carbons (Fsp3) is 0.750. The van der Waals surface area contributed by atoms with E-state index in [0.29, 0.717) is 0 Å². The van der Waals surface area contributed by atoms with Crippen LogP contribution in [-0.2, 0) is 16.1 Å². The van der Waals surface area contributed by atoms with Crippen molar-refractivity contribution in [3.05, 3.63) is 17.7 Å². The molecule has 0 saturated heterocycles. The lowest BCUT2D eigenvalue weighted by Crippen LogP contribution is -2.50. The summed E-state index contributed by atoms with van der Waals surface area (Å²) in [4.78, 5) is 16.3. The zero-order valence-corrected chi connectivity index (χ0v) is 14.0. The Bertz CT molecular complexity index is 456. The Morgan fingerprint density at radius 1 is 1.43 bits per heavy atom. The monoisotopic (exact) mass is 295 g/mol. The van der Waals surface area contributed by atoms with E-state index in [0.717, 1.165) is 44.5 Å². The van der Waals surface area contributed by atoms with E-state index in [1.807, 2.05) is 20.2 Å². The van der Waals surface area contributed by atoms with Gasteiger partial charge in [-0.2, -0.15) is 0 Å². The predicted molar refractivity (Wildman–Crippen MR) is 84.3 cm³/mol. The second kappa shape index (κ2) is 8.17. The first-order chi connectivity index (χ1) is 9.94. The van der Waals surface area contributed by atoms with Crippen LogP contribution in [-0.4, -0.2) is 34.7 Å². The van der Waals surface area contributed by atoms with Crippen LogP contribution in [0.4, 0.5) is 0 Å². The van der Waals surface area contributed by atoms with E-state index < -0.39 is 5.54 Å².